The van der Waals surface area contributed by atoms with E-state index < -0.39 is 0 Å². The van der Waals surface area contributed by atoms with Gasteiger partial charge in [-0.2, -0.15) is 0 Å². The van der Waals surface area contributed by atoms with Gasteiger partial charge in [-0.15, -0.1) is 0 Å². The van der Waals surface area contributed by atoms with Gasteiger partial charge in [0.15, 0.2) is 0 Å². The van der Waals surface area contributed by atoms with Crippen LogP contribution in [0.3, 0.4) is 0 Å². The number of rotatable bonds is 2. The van der Waals surface area contributed by atoms with Crippen molar-refractivity contribution in [2.24, 2.45) is 0 Å². The van der Waals surface area contributed by atoms with Gasteiger partial charge in [0, 0.05) is 13.1 Å². The highest BCUT2D eigenvalue weighted by Gasteiger charge is 2.29. The SMILES string of the molecule is C=CCOC(=O)N1CC(Br)C1. The molecule has 4 heteroatoms. The summed E-state index contributed by atoms with van der Waals surface area (Å²) in [5.74, 6) is 0. The lowest BCUT2D eigenvalue weighted by Crippen LogP contribution is -2.50. The van der Waals surface area contributed by atoms with E-state index >= 15 is 0 Å². The highest BCUT2D eigenvalue weighted by atomic mass is 79.9. The number of carbonyl (C=O) groups is 1. The van der Waals surface area contributed by atoms with Gasteiger partial charge in [-0.05, 0) is 0 Å². The van der Waals surface area contributed by atoms with Gasteiger partial charge >= 0.3 is 6.09 Å². The van der Waals surface area contributed by atoms with Crippen molar-refractivity contribution in [3.63, 3.8) is 0 Å². The third-order valence-corrected chi connectivity index (χ3v) is 2.00. The fraction of sp³-hybridized carbons (Fsp3) is 0.571. The van der Waals surface area contributed by atoms with E-state index in [0.717, 1.165) is 13.1 Å². The van der Waals surface area contributed by atoms with Gasteiger partial charge in [0.05, 0.1) is 4.83 Å². The van der Waals surface area contributed by atoms with E-state index in [9.17, 15) is 4.79 Å². The van der Waals surface area contributed by atoms with Crippen LogP contribution in [0.2, 0.25) is 0 Å². The van der Waals surface area contributed by atoms with Crippen LogP contribution in [0, 0.1) is 0 Å². The Labute approximate surface area is 74.1 Å². The van der Waals surface area contributed by atoms with Crippen molar-refractivity contribution in [1.82, 2.24) is 4.90 Å². The summed E-state index contributed by atoms with van der Waals surface area (Å²) in [5.41, 5.74) is 0. The number of nitrogens with zero attached hydrogens (tertiary/aromatic N) is 1. The molecule has 0 atom stereocenters. The fourth-order valence-corrected chi connectivity index (χ4v) is 1.49. The molecule has 0 aromatic heterocycles. The number of hydrogen-bond donors (Lipinski definition) is 0. The molecule has 0 N–H and O–H groups in total. The van der Waals surface area contributed by atoms with E-state index in [1.54, 1.807) is 11.0 Å². The van der Waals surface area contributed by atoms with E-state index in [0.29, 0.717) is 11.4 Å². The van der Waals surface area contributed by atoms with Gasteiger partial charge in [-0.3, -0.25) is 0 Å². The number of hydrogen-bond acceptors (Lipinski definition) is 2. The monoisotopic (exact) mass is 219 g/mol. The molecule has 1 aliphatic heterocycles. The molecule has 1 saturated heterocycles. The Morgan fingerprint density at radius 2 is 2.45 bits per heavy atom. The molecule has 1 rings (SSSR count). The van der Waals surface area contributed by atoms with Crippen molar-refractivity contribution < 1.29 is 9.53 Å². The van der Waals surface area contributed by atoms with Crippen LogP contribution in [-0.2, 0) is 4.74 Å². The van der Waals surface area contributed by atoms with Gasteiger partial charge < -0.3 is 9.64 Å². The van der Waals surface area contributed by atoms with Crippen LogP contribution in [0.15, 0.2) is 12.7 Å². The second kappa shape index (κ2) is 3.76. The first-order valence-electron chi connectivity index (χ1n) is 3.40. The summed E-state index contributed by atoms with van der Waals surface area (Å²) in [6.45, 7) is 5.23. The molecule has 0 aliphatic carbocycles. The average Bonchev–Trinajstić information content (AvgIpc) is 1.94. The summed E-state index contributed by atoms with van der Waals surface area (Å²) in [5, 5.41) is 0. The Kier molecular flexibility index (Phi) is 2.93. The van der Waals surface area contributed by atoms with Crippen molar-refractivity contribution in [2.75, 3.05) is 19.7 Å². The zero-order valence-electron chi connectivity index (χ0n) is 6.12. The largest absolute Gasteiger partial charge is 0.445 e. The van der Waals surface area contributed by atoms with Gasteiger partial charge in [0.25, 0.3) is 0 Å². The van der Waals surface area contributed by atoms with Crippen LogP contribution in [-0.4, -0.2) is 35.5 Å². The topological polar surface area (TPSA) is 29.5 Å². The predicted molar refractivity (Wildman–Crippen MR) is 45.8 cm³/mol. The van der Waals surface area contributed by atoms with Crippen LogP contribution in [0.25, 0.3) is 0 Å². The van der Waals surface area contributed by atoms with Gasteiger partial charge in [-0.25, -0.2) is 4.79 Å². The average molecular weight is 220 g/mol. The van der Waals surface area contributed by atoms with Crippen molar-refractivity contribution in [2.45, 2.75) is 4.83 Å². The summed E-state index contributed by atoms with van der Waals surface area (Å²) in [6.07, 6.45) is 1.31. The molecule has 0 radical (unpaired) electrons. The number of likely N-dealkylation sites (tertiary alicyclic amines) is 1. The first-order valence-corrected chi connectivity index (χ1v) is 4.32. The Hall–Kier alpha value is -0.510. The van der Waals surface area contributed by atoms with Crippen molar-refractivity contribution in [3.8, 4) is 0 Å². The van der Waals surface area contributed by atoms with E-state index in [-0.39, 0.29) is 6.09 Å². The molecule has 1 heterocycles. The van der Waals surface area contributed by atoms with E-state index in [2.05, 4.69) is 22.5 Å². The third-order valence-electron chi connectivity index (χ3n) is 1.42. The van der Waals surface area contributed by atoms with E-state index in [1.165, 1.54) is 0 Å². The number of alkyl halides is 1. The second-order valence-electron chi connectivity index (χ2n) is 2.37. The lowest BCUT2D eigenvalue weighted by Gasteiger charge is -2.34. The van der Waals surface area contributed by atoms with Crippen LogP contribution < -0.4 is 0 Å². The Morgan fingerprint density at radius 3 is 2.91 bits per heavy atom. The summed E-state index contributed by atoms with van der Waals surface area (Å²) >= 11 is 3.37. The third kappa shape index (κ3) is 2.22. The second-order valence-corrected chi connectivity index (χ2v) is 3.66. The normalized spacial score (nSPS) is 17.4. The molecule has 0 unspecified atom stereocenters. The molecular formula is C7H10BrNO2. The molecule has 1 amide bonds. The summed E-state index contributed by atoms with van der Waals surface area (Å²) in [7, 11) is 0. The molecule has 11 heavy (non-hydrogen) atoms. The quantitative estimate of drug-likeness (QED) is 0.519. The van der Waals surface area contributed by atoms with Crippen molar-refractivity contribution in [3.05, 3.63) is 12.7 Å². The summed E-state index contributed by atoms with van der Waals surface area (Å²) in [4.78, 5) is 13.0. The van der Waals surface area contributed by atoms with Crippen LogP contribution in [0.5, 0.6) is 0 Å². The minimum absolute atomic E-state index is 0.249. The van der Waals surface area contributed by atoms with Crippen molar-refractivity contribution in [1.29, 1.82) is 0 Å². The maximum absolute atomic E-state index is 11.0. The summed E-state index contributed by atoms with van der Waals surface area (Å²) < 4.78 is 4.79. The molecule has 0 bridgehead atoms. The Bertz CT molecular complexity index is 166. The van der Waals surface area contributed by atoms with Gasteiger partial charge in [-0.1, -0.05) is 28.6 Å². The van der Waals surface area contributed by atoms with Gasteiger partial charge in [0.1, 0.15) is 6.61 Å². The predicted octanol–water partition coefficient (Wildman–Crippen LogP) is 1.39. The van der Waals surface area contributed by atoms with Crippen molar-refractivity contribution >= 4 is 22.0 Å². The molecule has 62 valence electrons. The zero-order valence-corrected chi connectivity index (χ0v) is 7.71. The standard InChI is InChI=1S/C7H10BrNO2/c1-2-3-11-7(10)9-4-6(8)5-9/h2,6H,1,3-5H2. The first-order chi connectivity index (χ1) is 5.24. The van der Waals surface area contributed by atoms with Crippen LogP contribution in [0.1, 0.15) is 0 Å². The number of ether oxygens (including phenoxy) is 1. The maximum Gasteiger partial charge on any atom is 0.410 e. The summed E-state index contributed by atoms with van der Waals surface area (Å²) in [6, 6.07) is 0. The molecular weight excluding hydrogens is 210 g/mol. The maximum atomic E-state index is 11.0. The lowest BCUT2D eigenvalue weighted by molar-refractivity contribution is 0.0928. The minimum Gasteiger partial charge on any atom is -0.445 e. The molecule has 0 aromatic carbocycles. The molecule has 0 saturated carbocycles. The number of carbonyl (C=O) groups excluding carboxylic acids is 1. The fourth-order valence-electron chi connectivity index (χ4n) is 0.795. The molecule has 1 fully saturated rings. The smallest absolute Gasteiger partial charge is 0.410 e. The highest BCUT2D eigenvalue weighted by molar-refractivity contribution is 9.09. The lowest BCUT2D eigenvalue weighted by atomic mass is 10.2. The molecule has 3 nitrogen and oxygen atoms in total. The molecule has 0 aromatic rings. The Balaban J connectivity index is 2.16. The van der Waals surface area contributed by atoms with Gasteiger partial charge in [0.2, 0.25) is 0 Å². The highest BCUT2D eigenvalue weighted by Crippen LogP contribution is 2.16. The zero-order chi connectivity index (χ0) is 8.27. The van der Waals surface area contributed by atoms with E-state index in [1.807, 2.05) is 0 Å². The first kappa shape index (κ1) is 8.59. The number of amides is 1. The molecule has 0 spiro atoms. The number of halogens is 1. The van der Waals surface area contributed by atoms with E-state index in [4.69, 9.17) is 4.74 Å². The Morgan fingerprint density at radius 1 is 1.82 bits per heavy atom. The molecule has 1 aliphatic rings. The van der Waals surface area contributed by atoms with Crippen LogP contribution >= 0.6 is 15.9 Å². The minimum atomic E-state index is -0.249. The van der Waals surface area contributed by atoms with Crippen LogP contribution in [0.4, 0.5) is 4.79 Å².